The third-order valence-electron chi connectivity index (χ3n) is 2.21. The van der Waals surface area contributed by atoms with Gasteiger partial charge in [-0.05, 0) is 30.3 Å². The number of hydrogen-bond donors (Lipinski definition) is 1. The molecule has 4 heteroatoms. The number of aromatic nitrogens is 1. The summed E-state index contributed by atoms with van der Waals surface area (Å²) in [5, 5.41) is 9.57. The fourth-order valence-electron chi connectivity index (χ4n) is 1.43. The molecule has 1 aromatic heterocycles. The maximum absolute atomic E-state index is 13.4. The van der Waals surface area contributed by atoms with Crippen LogP contribution in [0, 0.1) is 5.82 Å². The first kappa shape index (κ1) is 10.4. The Morgan fingerprint density at radius 1 is 1.31 bits per heavy atom. The molecule has 0 unspecified atom stereocenters. The molecule has 0 atom stereocenters. The van der Waals surface area contributed by atoms with Crippen LogP contribution in [0.25, 0.3) is 11.3 Å². The Bertz CT molecular complexity index is 514. The Kier molecular flexibility index (Phi) is 2.72. The lowest BCUT2D eigenvalue weighted by Gasteiger charge is -2.05. The topological polar surface area (TPSA) is 42.4 Å². The highest BCUT2D eigenvalue weighted by molar-refractivity contribution is 5.66. The van der Waals surface area contributed by atoms with E-state index < -0.39 is 5.82 Å². The molecule has 1 aromatic carbocycles. The zero-order valence-electron chi connectivity index (χ0n) is 8.64. The summed E-state index contributed by atoms with van der Waals surface area (Å²) in [4.78, 5) is 3.99. The van der Waals surface area contributed by atoms with Crippen LogP contribution >= 0.6 is 0 Å². The SMILES string of the molecule is COc1ccc(-c2ncccc2O)cc1F. The van der Waals surface area contributed by atoms with Crippen molar-refractivity contribution in [3.8, 4) is 22.8 Å². The van der Waals surface area contributed by atoms with E-state index in [1.807, 2.05) is 0 Å². The molecule has 82 valence electrons. The molecule has 3 nitrogen and oxygen atoms in total. The van der Waals surface area contributed by atoms with Gasteiger partial charge in [-0.1, -0.05) is 0 Å². The van der Waals surface area contributed by atoms with Crippen LogP contribution in [0.2, 0.25) is 0 Å². The molecule has 0 saturated carbocycles. The fourth-order valence-corrected chi connectivity index (χ4v) is 1.43. The fraction of sp³-hybridized carbons (Fsp3) is 0.0833. The molecule has 0 aliphatic heterocycles. The van der Waals surface area contributed by atoms with Crippen LogP contribution < -0.4 is 4.74 Å². The Morgan fingerprint density at radius 2 is 2.12 bits per heavy atom. The number of halogens is 1. The number of aromatic hydroxyl groups is 1. The van der Waals surface area contributed by atoms with Gasteiger partial charge in [-0.15, -0.1) is 0 Å². The van der Waals surface area contributed by atoms with Crippen LogP contribution in [-0.2, 0) is 0 Å². The van der Waals surface area contributed by atoms with Crippen molar-refractivity contribution in [2.45, 2.75) is 0 Å². The highest BCUT2D eigenvalue weighted by atomic mass is 19.1. The van der Waals surface area contributed by atoms with E-state index in [1.54, 1.807) is 12.1 Å². The monoisotopic (exact) mass is 219 g/mol. The zero-order chi connectivity index (χ0) is 11.5. The molecule has 0 bridgehead atoms. The van der Waals surface area contributed by atoms with E-state index in [1.165, 1.54) is 31.5 Å². The van der Waals surface area contributed by atoms with E-state index in [-0.39, 0.29) is 11.5 Å². The van der Waals surface area contributed by atoms with Crippen LogP contribution in [0.4, 0.5) is 4.39 Å². The van der Waals surface area contributed by atoms with Crippen molar-refractivity contribution in [1.29, 1.82) is 0 Å². The summed E-state index contributed by atoms with van der Waals surface area (Å²) in [6, 6.07) is 7.53. The summed E-state index contributed by atoms with van der Waals surface area (Å²) in [5.41, 5.74) is 0.862. The zero-order valence-corrected chi connectivity index (χ0v) is 8.64. The Hall–Kier alpha value is -2.10. The lowest BCUT2D eigenvalue weighted by molar-refractivity contribution is 0.386. The highest BCUT2D eigenvalue weighted by Gasteiger charge is 2.08. The van der Waals surface area contributed by atoms with E-state index in [4.69, 9.17) is 4.74 Å². The molecule has 0 aliphatic carbocycles. The highest BCUT2D eigenvalue weighted by Crippen LogP contribution is 2.29. The molecule has 0 spiro atoms. The van der Waals surface area contributed by atoms with Crippen LogP contribution in [0.15, 0.2) is 36.5 Å². The predicted octanol–water partition coefficient (Wildman–Crippen LogP) is 2.60. The summed E-state index contributed by atoms with van der Waals surface area (Å²) in [7, 11) is 1.40. The number of hydrogen-bond acceptors (Lipinski definition) is 3. The van der Waals surface area contributed by atoms with Crippen molar-refractivity contribution < 1.29 is 14.2 Å². The first-order valence-electron chi connectivity index (χ1n) is 4.70. The first-order chi connectivity index (χ1) is 7.72. The Morgan fingerprint density at radius 3 is 2.75 bits per heavy atom. The quantitative estimate of drug-likeness (QED) is 0.844. The molecule has 0 aliphatic rings. The molecular formula is C12H10FNO2. The smallest absolute Gasteiger partial charge is 0.165 e. The molecule has 16 heavy (non-hydrogen) atoms. The van der Waals surface area contributed by atoms with Crippen LogP contribution in [0.1, 0.15) is 0 Å². The molecule has 0 fully saturated rings. The number of pyridine rings is 1. The van der Waals surface area contributed by atoms with E-state index in [0.29, 0.717) is 11.3 Å². The van der Waals surface area contributed by atoms with Gasteiger partial charge in [0, 0.05) is 11.8 Å². The molecule has 1 heterocycles. The molecule has 0 radical (unpaired) electrons. The second-order valence-electron chi connectivity index (χ2n) is 3.22. The van der Waals surface area contributed by atoms with Gasteiger partial charge >= 0.3 is 0 Å². The number of nitrogens with zero attached hydrogens (tertiary/aromatic N) is 1. The van der Waals surface area contributed by atoms with Crippen molar-refractivity contribution in [3.05, 3.63) is 42.3 Å². The van der Waals surface area contributed by atoms with Gasteiger partial charge in [-0.2, -0.15) is 0 Å². The van der Waals surface area contributed by atoms with Crippen molar-refractivity contribution in [3.63, 3.8) is 0 Å². The summed E-state index contributed by atoms with van der Waals surface area (Å²) in [6.07, 6.45) is 1.54. The first-order valence-corrected chi connectivity index (χ1v) is 4.70. The minimum atomic E-state index is -0.481. The lowest BCUT2D eigenvalue weighted by Crippen LogP contribution is -1.90. The van der Waals surface area contributed by atoms with Crippen LogP contribution in [0.5, 0.6) is 11.5 Å². The third-order valence-corrected chi connectivity index (χ3v) is 2.21. The van der Waals surface area contributed by atoms with Gasteiger partial charge in [-0.3, -0.25) is 4.98 Å². The molecule has 0 amide bonds. The van der Waals surface area contributed by atoms with Gasteiger partial charge in [0.15, 0.2) is 11.6 Å². The van der Waals surface area contributed by atoms with Gasteiger partial charge in [0.25, 0.3) is 0 Å². The van der Waals surface area contributed by atoms with E-state index in [9.17, 15) is 9.50 Å². The second-order valence-corrected chi connectivity index (χ2v) is 3.22. The number of ether oxygens (including phenoxy) is 1. The maximum Gasteiger partial charge on any atom is 0.165 e. The molecular weight excluding hydrogens is 209 g/mol. The van der Waals surface area contributed by atoms with Crippen molar-refractivity contribution in [2.75, 3.05) is 7.11 Å². The number of benzene rings is 1. The standard InChI is InChI=1S/C12H10FNO2/c1-16-11-5-4-8(7-9(11)13)12-10(15)3-2-6-14-12/h2-7,15H,1H3. The van der Waals surface area contributed by atoms with Crippen LogP contribution in [-0.4, -0.2) is 17.2 Å². The van der Waals surface area contributed by atoms with E-state index in [0.717, 1.165) is 0 Å². The van der Waals surface area contributed by atoms with Crippen molar-refractivity contribution >= 4 is 0 Å². The van der Waals surface area contributed by atoms with Gasteiger partial charge < -0.3 is 9.84 Å². The minimum absolute atomic E-state index is 0.0204. The molecule has 1 N–H and O–H groups in total. The second kappa shape index (κ2) is 4.18. The van der Waals surface area contributed by atoms with Gasteiger partial charge in [0.05, 0.1) is 7.11 Å². The van der Waals surface area contributed by atoms with Crippen LogP contribution in [0.3, 0.4) is 0 Å². The summed E-state index contributed by atoms with van der Waals surface area (Å²) in [5.74, 6) is -0.295. The lowest BCUT2D eigenvalue weighted by atomic mass is 10.1. The third kappa shape index (κ3) is 1.82. The van der Waals surface area contributed by atoms with Gasteiger partial charge in [0.2, 0.25) is 0 Å². The summed E-state index contributed by atoms with van der Waals surface area (Å²) >= 11 is 0. The molecule has 2 rings (SSSR count). The maximum atomic E-state index is 13.4. The predicted molar refractivity (Wildman–Crippen MR) is 57.8 cm³/mol. The van der Waals surface area contributed by atoms with Crippen molar-refractivity contribution in [1.82, 2.24) is 4.98 Å². The van der Waals surface area contributed by atoms with Crippen molar-refractivity contribution in [2.24, 2.45) is 0 Å². The normalized spacial score (nSPS) is 10.1. The number of methoxy groups -OCH3 is 1. The number of rotatable bonds is 2. The van der Waals surface area contributed by atoms with Gasteiger partial charge in [0.1, 0.15) is 11.4 Å². The summed E-state index contributed by atoms with van der Waals surface area (Å²) in [6.45, 7) is 0. The Balaban J connectivity index is 2.50. The van der Waals surface area contributed by atoms with E-state index in [2.05, 4.69) is 4.98 Å². The minimum Gasteiger partial charge on any atom is -0.506 e. The summed E-state index contributed by atoms with van der Waals surface area (Å²) < 4.78 is 18.2. The molecule has 2 aromatic rings. The Labute approximate surface area is 92.1 Å². The van der Waals surface area contributed by atoms with Gasteiger partial charge in [-0.25, -0.2) is 4.39 Å². The average molecular weight is 219 g/mol. The molecule has 0 saturated heterocycles. The van der Waals surface area contributed by atoms with E-state index >= 15 is 0 Å². The average Bonchev–Trinajstić information content (AvgIpc) is 2.29. The largest absolute Gasteiger partial charge is 0.506 e.